The Kier molecular flexibility index (Phi) is 6.04. The molecular weight excluding hydrogens is 450 g/mol. The number of aryl methyl sites for hydroxylation is 2. The van der Waals surface area contributed by atoms with Gasteiger partial charge in [0, 0.05) is 13.5 Å². The van der Waals surface area contributed by atoms with Gasteiger partial charge in [-0.1, -0.05) is 35.4 Å². The second kappa shape index (κ2) is 9.30. The van der Waals surface area contributed by atoms with Gasteiger partial charge in [0.05, 0.1) is 0 Å². The van der Waals surface area contributed by atoms with Crippen LogP contribution in [0.3, 0.4) is 0 Å². The van der Waals surface area contributed by atoms with Gasteiger partial charge in [0.2, 0.25) is 0 Å². The van der Waals surface area contributed by atoms with Gasteiger partial charge in [0.15, 0.2) is 11.2 Å². The van der Waals surface area contributed by atoms with Crippen molar-refractivity contribution in [3.8, 4) is 11.5 Å². The van der Waals surface area contributed by atoms with Crippen LogP contribution in [0.1, 0.15) is 23.8 Å². The number of benzene rings is 2. The summed E-state index contributed by atoms with van der Waals surface area (Å²) in [6.07, 6.45) is -0.105. The third kappa shape index (κ3) is 4.52. The molecule has 0 amide bonds. The third-order valence-electron chi connectivity index (χ3n) is 6.04. The SMILES string of the molecule is Cc1ccc(OCC2OC(n3c(=O)n(C)c(=O)c4nncnc43)CC2Oc2ccc(C)cc2)cc1. The van der Waals surface area contributed by atoms with E-state index in [9.17, 15) is 9.59 Å². The standard InChI is InChI=1S/C25H25N5O5/c1-15-4-8-17(9-5-15)33-13-20-19(34-18-10-6-16(2)7-11-18)12-21(35-20)30-23-22(28-27-14-26-23)24(31)29(3)25(30)32/h4-11,14,19-21H,12-13H2,1-3H3. The molecule has 35 heavy (non-hydrogen) atoms. The zero-order valence-electron chi connectivity index (χ0n) is 19.6. The van der Waals surface area contributed by atoms with Crippen molar-refractivity contribution in [1.29, 1.82) is 0 Å². The fourth-order valence-electron chi connectivity index (χ4n) is 4.08. The number of nitrogens with zero attached hydrogens (tertiary/aromatic N) is 5. The highest BCUT2D eigenvalue weighted by molar-refractivity contribution is 5.67. The normalized spacial score (nSPS) is 19.7. The van der Waals surface area contributed by atoms with E-state index in [0.717, 1.165) is 15.7 Å². The molecule has 10 heteroatoms. The minimum absolute atomic E-state index is 0.00596. The monoisotopic (exact) mass is 475 g/mol. The van der Waals surface area contributed by atoms with Crippen LogP contribution in [-0.2, 0) is 11.8 Å². The minimum atomic E-state index is -0.740. The summed E-state index contributed by atoms with van der Waals surface area (Å²) in [5.41, 5.74) is 1.24. The van der Waals surface area contributed by atoms with Crippen molar-refractivity contribution in [2.24, 2.45) is 7.05 Å². The molecule has 1 fully saturated rings. The van der Waals surface area contributed by atoms with Crippen LogP contribution in [0.5, 0.6) is 11.5 Å². The van der Waals surface area contributed by atoms with Crippen LogP contribution in [0.15, 0.2) is 64.4 Å². The molecule has 1 aliphatic rings. The molecule has 2 aromatic carbocycles. The predicted molar refractivity (Wildman–Crippen MR) is 128 cm³/mol. The summed E-state index contributed by atoms with van der Waals surface area (Å²) in [6, 6.07) is 15.4. The van der Waals surface area contributed by atoms with E-state index in [-0.39, 0.29) is 17.8 Å². The highest BCUT2D eigenvalue weighted by Gasteiger charge is 2.40. The molecule has 0 bridgehead atoms. The lowest BCUT2D eigenvalue weighted by Crippen LogP contribution is -2.40. The Hall–Kier alpha value is -4.05. The van der Waals surface area contributed by atoms with Crippen molar-refractivity contribution in [3.05, 3.63) is 86.8 Å². The van der Waals surface area contributed by atoms with Gasteiger partial charge < -0.3 is 14.2 Å². The van der Waals surface area contributed by atoms with Crippen molar-refractivity contribution in [2.45, 2.75) is 38.7 Å². The summed E-state index contributed by atoms with van der Waals surface area (Å²) in [6.45, 7) is 4.22. The molecular formula is C25H25N5O5. The van der Waals surface area contributed by atoms with Crippen LogP contribution < -0.4 is 20.7 Å². The molecule has 180 valence electrons. The first-order chi connectivity index (χ1) is 16.9. The highest BCUT2D eigenvalue weighted by atomic mass is 16.6. The second-order valence-corrected chi connectivity index (χ2v) is 8.61. The van der Waals surface area contributed by atoms with Gasteiger partial charge >= 0.3 is 5.69 Å². The Morgan fingerprint density at radius 1 is 1.00 bits per heavy atom. The van der Waals surface area contributed by atoms with E-state index >= 15 is 0 Å². The summed E-state index contributed by atoms with van der Waals surface area (Å²) in [4.78, 5) is 29.8. The van der Waals surface area contributed by atoms with Crippen molar-refractivity contribution in [2.75, 3.05) is 6.61 Å². The fourth-order valence-corrected chi connectivity index (χ4v) is 4.08. The maximum absolute atomic E-state index is 13.1. The van der Waals surface area contributed by atoms with E-state index < -0.39 is 29.7 Å². The zero-order chi connectivity index (χ0) is 24.5. The molecule has 3 heterocycles. The molecule has 5 rings (SSSR count). The highest BCUT2D eigenvalue weighted by Crippen LogP contribution is 2.32. The van der Waals surface area contributed by atoms with Crippen molar-refractivity contribution < 1.29 is 14.2 Å². The van der Waals surface area contributed by atoms with Crippen LogP contribution in [0.2, 0.25) is 0 Å². The Balaban J connectivity index is 1.48. The number of hydrogen-bond acceptors (Lipinski definition) is 8. The van der Waals surface area contributed by atoms with Crippen molar-refractivity contribution >= 4 is 11.2 Å². The number of aromatic nitrogens is 5. The van der Waals surface area contributed by atoms with Gasteiger partial charge in [-0.3, -0.25) is 9.36 Å². The Morgan fingerprint density at radius 3 is 2.34 bits per heavy atom. The smallest absolute Gasteiger partial charge is 0.334 e. The Morgan fingerprint density at radius 2 is 1.66 bits per heavy atom. The summed E-state index contributed by atoms with van der Waals surface area (Å²) in [7, 11) is 1.39. The van der Waals surface area contributed by atoms with E-state index in [1.807, 2.05) is 62.4 Å². The van der Waals surface area contributed by atoms with E-state index in [0.29, 0.717) is 17.9 Å². The van der Waals surface area contributed by atoms with Crippen LogP contribution in [0, 0.1) is 13.8 Å². The van der Waals surface area contributed by atoms with E-state index in [4.69, 9.17) is 14.2 Å². The average Bonchev–Trinajstić information content (AvgIpc) is 3.26. The lowest BCUT2D eigenvalue weighted by Gasteiger charge is -2.20. The van der Waals surface area contributed by atoms with E-state index in [1.165, 1.54) is 17.9 Å². The first-order valence-corrected chi connectivity index (χ1v) is 11.3. The van der Waals surface area contributed by atoms with Crippen LogP contribution in [0.25, 0.3) is 11.2 Å². The van der Waals surface area contributed by atoms with Gasteiger partial charge in [-0.25, -0.2) is 14.3 Å². The van der Waals surface area contributed by atoms with Crippen LogP contribution >= 0.6 is 0 Å². The summed E-state index contributed by atoms with van der Waals surface area (Å²) < 4.78 is 20.9. The van der Waals surface area contributed by atoms with Gasteiger partial charge in [0.1, 0.15) is 42.9 Å². The first-order valence-electron chi connectivity index (χ1n) is 11.3. The van der Waals surface area contributed by atoms with Gasteiger partial charge in [-0.05, 0) is 38.1 Å². The van der Waals surface area contributed by atoms with Crippen LogP contribution in [-0.4, -0.2) is 43.1 Å². The molecule has 0 aliphatic carbocycles. The van der Waals surface area contributed by atoms with Gasteiger partial charge in [-0.2, -0.15) is 0 Å². The first kappa shape index (κ1) is 22.7. The molecule has 1 saturated heterocycles. The molecule has 0 radical (unpaired) electrons. The molecule has 0 N–H and O–H groups in total. The molecule has 10 nitrogen and oxygen atoms in total. The Labute approximate surface area is 200 Å². The minimum Gasteiger partial charge on any atom is -0.491 e. The summed E-state index contributed by atoms with van der Waals surface area (Å²) >= 11 is 0. The maximum Gasteiger partial charge on any atom is 0.334 e. The lowest BCUT2D eigenvalue weighted by atomic mass is 10.1. The van der Waals surface area contributed by atoms with Crippen molar-refractivity contribution in [1.82, 2.24) is 24.3 Å². The molecule has 3 atom stereocenters. The summed E-state index contributed by atoms with van der Waals surface area (Å²) in [5.74, 6) is 1.39. The molecule has 4 aromatic rings. The Bertz CT molecular complexity index is 1460. The second-order valence-electron chi connectivity index (χ2n) is 8.61. The quantitative estimate of drug-likeness (QED) is 0.418. The number of rotatable bonds is 6. The van der Waals surface area contributed by atoms with Crippen molar-refractivity contribution in [3.63, 3.8) is 0 Å². The molecule has 3 unspecified atom stereocenters. The fraction of sp³-hybridized carbons (Fsp3) is 0.320. The topological polar surface area (TPSA) is 110 Å². The van der Waals surface area contributed by atoms with Gasteiger partial charge in [0.25, 0.3) is 5.56 Å². The number of fused-ring (bicyclic) bond motifs is 1. The van der Waals surface area contributed by atoms with E-state index in [2.05, 4.69) is 15.2 Å². The predicted octanol–water partition coefficient (Wildman–Crippen LogP) is 2.32. The molecule has 2 aromatic heterocycles. The summed E-state index contributed by atoms with van der Waals surface area (Å²) in [5, 5.41) is 7.59. The molecule has 0 saturated carbocycles. The lowest BCUT2D eigenvalue weighted by molar-refractivity contribution is -0.0360. The third-order valence-corrected chi connectivity index (χ3v) is 6.04. The average molecular weight is 476 g/mol. The zero-order valence-corrected chi connectivity index (χ0v) is 19.6. The number of hydrogen-bond donors (Lipinski definition) is 0. The van der Waals surface area contributed by atoms with E-state index in [1.54, 1.807) is 0 Å². The largest absolute Gasteiger partial charge is 0.491 e. The number of ether oxygens (including phenoxy) is 3. The molecule has 0 spiro atoms. The van der Waals surface area contributed by atoms with Gasteiger partial charge in [-0.15, -0.1) is 10.2 Å². The maximum atomic E-state index is 13.1. The van der Waals surface area contributed by atoms with Crippen LogP contribution in [0.4, 0.5) is 0 Å². The molecule has 1 aliphatic heterocycles.